The molecule has 0 aliphatic carbocycles. The Morgan fingerprint density at radius 2 is 2.14 bits per heavy atom. The largest absolute Gasteiger partial charge is 0.495 e. The molecule has 21 heavy (non-hydrogen) atoms. The lowest BCUT2D eigenvalue weighted by molar-refractivity contribution is 0.415. The lowest BCUT2D eigenvalue weighted by Crippen LogP contribution is -2.04. The number of halogens is 1. The van der Waals surface area contributed by atoms with Gasteiger partial charge in [0.15, 0.2) is 0 Å². The van der Waals surface area contributed by atoms with Crippen LogP contribution in [0.3, 0.4) is 0 Å². The number of nitrogens with one attached hydrogen (secondary N) is 1. The summed E-state index contributed by atoms with van der Waals surface area (Å²) < 4.78 is 7.32. The van der Waals surface area contributed by atoms with Crippen LogP contribution in [-0.4, -0.2) is 16.5 Å². The number of aromatic nitrogens is 2. The summed E-state index contributed by atoms with van der Waals surface area (Å²) in [6.45, 7) is 2.70. The van der Waals surface area contributed by atoms with Gasteiger partial charge in [0.1, 0.15) is 11.4 Å². The first-order valence-electron chi connectivity index (χ1n) is 6.69. The fraction of sp³-hybridized carbons (Fsp3) is 0.188. The minimum Gasteiger partial charge on any atom is -0.495 e. The maximum absolute atomic E-state index is 6.03. The van der Waals surface area contributed by atoms with E-state index in [-0.39, 0.29) is 0 Å². The Balaban J connectivity index is 1.85. The highest BCUT2D eigenvalue weighted by Crippen LogP contribution is 2.27. The van der Waals surface area contributed by atoms with Gasteiger partial charge < -0.3 is 14.5 Å². The molecule has 2 heterocycles. The second-order valence-corrected chi connectivity index (χ2v) is 5.18. The molecule has 5 heteroatoms. The van der Waals surface area contributed by atoms with E-state index < -0.39 is 0 Å². The van der Waals surface area contributed by atoms with Crippen molar-refractivity contribution in [3.05, 3.63) is 59.0 Å². The van der Waals surface area contributed by atoms with E-state index in [4.69, 9.17) is 16.3 Å². The molecule has 108 valence electrons. The van der Waals surface area contributed by atoms with Crippen LogP contribution < -0.4 is 10.1 Å². The number of imidazole rings is 1. The van der Waals surface area contributed by atoms with E-state index in [1.165, 1.54) is 0 Å². The lowest BCUT2D eigenvalue weighted by atomic mass is 10.2. The van der Waals surface area contributed by atoms with Gasteiger partial charge in [-0.15, -0.1) is 0 Å². The van der Waals surface area contributed by atoms with Crippen molar-refractivity contribution in [2.45, 2.75) is 13.5 Å². The highest BCUT2D eigenvalue weighted by molar-refractivity contribution is 6.32. The molecule has 0 radical (unpaired) electrons. The van der Waals surface area contributed by atoms with Crippen molar-refractivity contribution in [2.75, 3.05) is 12.4 Å². The molecule has 0 bridgehead atoms. The topological polar surface area (TPSA) is 38.6 Å². The molecular weight excluding hydrogens is 286 g/mol. The van der Waals surface area contributed by atoms with Gasteiger partial charge in [-0.05, 0) is 31.2 Å². The molecule has 0 aliphatic rings. The zero-order chi connectivity index (χ0) is 14.8. The first-order valence-corrected chi connectivity index (χ1v) is 7.07. The monoisotopic (exact) mass is 301 g/mol. The SMILES string of the molecule is COc1cc(NCc2c(C)nc3ccccn23)ccc1Cl. The number of aryl methyl sites for hydroxylation is 1. The number of pyridine rings is 1. The third-order valence-corrected chi connectivity index (χ3v) is 3.75. The molecule has 3 aromatic rings. The van der Waals surface area contributed by atoms with Gasteiger partial charge in [0, 0.05) is 18.0 Å². The Labute approximate surface area is 128 Å². The van der Waals surface area contributed by atoms with Gasteiger partial charge in [-0.1, -0.05) is 17.7 Å². The molecule has 1 aromatic carbocycles. The molecule has 0 spiro atoms. The van der Waals surface area contributed by atoms with Gasteiger partial charge in [-0.2, -0.15) is 0 Å². The summed E-state index contributed by atoms with van der Waals surface area (Å²) >= 11 is 6.03. The number of fused-ring (bicyclic) bond motifs is 1. The predicted molar refractivity (Wildman–Crippen MR) is 85.3 cm³/mol. The predicted octanol–water partition coefficient (Wildman–Crippen LogP) is 3.92. The van der Waals surface area contributed by atoms with Gasteiger partial charge in [-0.25, -0.2) is 4.98 Å². The van der Waals surface area contributed by atoms with Crippen LogP contribution in [-0.2, 0) is 6.54 Å². The molecule has 0 fully saturated rings. The number of nitrogens with zero attached hydrogens (tertiary/aromatic N) is 2. The summed E-state index contributed by atoms with van der Waals surface area (Å²) in [6.07, 6.45) is 2.02. The Hall–Kier alpha value is -2.20. The Morgan fingerprint density at radius 1 is 1.29 bits per heavy atom. The highest BCUT2D eigenvalue weighted by Gasteiger charge is 2.08. The second-order valence-electron chi connectivity index (χ2n) is 4.78. The normalized spacial score (nSPS) is 10.8. The van der Waals surface area contributed by atoms with Crippen molar-refractivity contribution in [3.8, 4) is 5.75 Å². The van der Waals surface area contributed by atoms with Gasteiger partial charge in [0.05, 0.1) is 30.1 Å². The minimum atomic E-state index is 0.606. The molecule has 0 unspecified atom stereocenters. The van der Waals surface area contributed by atoms with Crippen LogP contribution in [0.1, 0.15) is 11.4 Å². The van der Waals surface area contributed by atoms with Crippen molar-refractivity contribution in [3.63, 3.8) is 0 Å². The van der Waals surface area contributed by atoms with Crippen LogP contribution >= 0.6 is 11.6 Å². The maximum atomic E-state index is 6.03. The smallest absolute Gasteiger partial charge is 0.139 e. The number of hydrogen-bond donors (Lipinski definition) is 1. The third kappa shape index (κ3) is 2.67. The van der Waals surface area contributed by atoms with Gasteiger partial charge in [0.25, 0.3) is 0 Å². The molecule has 3 rings (SSSR count). The van der Waals surface area contributed by atoms with E-state index in [0.29, 0.717) is 17.3 Å². The van der Waals surface area contributed by atoms with Crippen LogP contribution in [0.15, 0.2) is 42.6 Å². The third-order valence-electron chi connectivity index (χ3n) is 3.44. The number of rotatable bonds is 4. The van der Waals surface area contributed by atoms with Gasteiger partial charge >= 0.3 is 0 Å². The minimum absolute atomic E-state index is 0.606. The Kier molecular flexibility index (Phi) is 3.71. The standard InChI is InChI=1S/C16H16ClN3O/c1-11-14(20-8-4-3-5-16(20)19-11)10-18-12-6-7-13(17)15(9-12)21-2/h3-9,18H,10H2,1-2H3. The number of benzene rings is 1. The van der Waals surface area contributed by atoms with Crippen LogP contribution in [0.2, 0.25) is 5.02 Å². The molecule has 0 atom stereocenters. The van der Waals surface area contributed by atoms with E-state index in [9.17, 15) is 0 Å². The van der Waals surface area contributed by atoms with E-state index in [1.807, 2.05) is 49.5 Å². The number of hydrogen-bond acceptors (Lipinski definition) is 3. The van der Waals surface area contributed by atoms with Gasteiger partial charge in [0.2, 0.25) is 0 Å². The quantitative estimate of drug-likeness (QED) is 0.794. The van der Waals surface area contributed by atoms with E-state index in [1.54, 1.807) is 7.11 Å². The maximum Gasteiger partial charge on any atom is 0.139 e. The fourth-order valence-corrected chi connectivity index (χ4v) is 2.53. The highest BCUT2D eigenvalue weighted by atomic mass is 35.5. The molecule has 2 aromatic heterocycles. The molecule has 0 aliphatic heterocycles. The van der Waals surface area contributed by atoms with Crippen LogP contribution in [0.4, 0.5) is 5.69 Å². The van der Waals surface area contributed by atoms with Crippen molar-refractivity contribution in [1.82, 2.24) is 9.38 Å². The van der Waals surface area contributed by atoms with E-state index in [2.05, 4.69) is 14.7 Å². The summed E-state index contributed by atoms with van der Waals surface area (Å²) in [6, 6.07) is 11.6. The fourth-order valence-electron chi connectivity index (χ4n) is 2.33. The summed E-state index contributed by atoms with van der Waals surface area (Å²) in [7, 11) is 1.61. The van der Waals surface area contributed by atoms with Crippen molar-refractivity contribution < 1.29 is 4.74 Å². The summed E-state index contributed by atoms with van der Waals surface area (Å²) in [5.74, 6) is 0.663. The van der Waals surface area contributed by atoms with Crippen molar-refractivity contribution >= 4 is 22.9 Å². The molecule has 4 nitrogen and oxygen atoms in total. The van der Waals surface area contributed by atoms with Crippen LogP contribution in [0.25, 0.3) is 5.65 Å². The molecular formula is C16H16ClN3O. The van der Waals surface area contributed by atoms with Crippen LogP contribution in [0, 0.1) is 6.92 Å². The second kappa shape index (κ2) is 5.66. The molecule has 1 N–H and O–H groups in total. The first kappa shape index (κ1) is 13.8. The summed E-state index contributed by atoms with van der Waals surface area (Å²) in [4.78, 5) is 4.55. The average Bonchev–Trinajstić information content (AvgIpc) is 2.82. The first-order chi connectivity index (χ1) is 10.2. The van der Waals surface area contributed by atoms with E-state index >= 15 is 0 Å². The zero-order valence-corrected chi connectivity index (χ0v) is 12.7. The average molecular weight is 302 g/mol. The molecule has 0 saturated carbocycles. The van der Waals surface area contributed by atoms with Crippen molar-refractivity contribution in [1.29, 1.82) is 0 Å². The number of methoxy groups -OCH3 is 1. The summed E-state index contributed by atoms with van der Waals surface area (Å²) in [5, 5.41) is 3.99. The Morgan fingerprint density at radius 3 is 2.95 bits per heavy atom. The van der Waals surface area contributed by atoms with E-state index in [0.717, 1.165) is 22.7 Å². The summed E-state index contributed by atoms with van der Waals surface area (Å²) in [5.41, 5.74) is 4.08. The van der Waals surface area contributed by atoms with Crippen molar-refractivity contribution in [2.24, 2.45) is 0 Å². The molecule has 0 saturated heterocycles. The number of anilines is 1. The lowest BCUT2D eigenvalue weighted by Gasteiger charge is -2.10. The van der Waals surface area contributed by atoms with Gasteiger partial charge in [-0.3, -0.25) is 0 Å². The zero-order valence-electron chi connectivity index (χ0n) is 11.9. The number of ether oxygens (including phenoxy) is 1. The molecule has 0 amide bonds. The van der Waals surface area contributed by atoms with Crippen LogP contribution in [0.5, 0.6) is 5.75 Å². The Bertz CT molecular complexity index is 782.